The first kappa shape index (κ1) is 23.2. The van der Waals surface area contributed by atoms with Gasteiger partial charge in [0.05, 0.1) is 16.1 Å². The quantitative estimate of drug-likeness (QED) is 0.317. The van der Waals surface area contributed by atoms with Gasteiger partial charge >= 0.3 is 17.8 Å². The minimum atomic E-state index is -4.85. The Morgan fingerprint density at radius 3 is 2.50 bits per heavy atom. The fourth-order valence-corrected chi connectivity index (χ4v) is 4.18. The van der Waals surface area contributed by atoms with Gasteiger partial charge in [0.25, 0.3) is 5.56 Å². The lowest BCUT2D eigenvalue weighted by molar-refractivity contribution is -0.210. The molecular weight excluding hydrogens is 475 g/mol. The van der Waals surface area contributed by atoms with Crippen LogP contribution in [0.15, 0.2) is 52.1 Å². The third-order valence-corrected chi connectivity index (χ3v) is 5.87. The summed E-state index contributed by atoms with van der Waals surface area (Å²) in [5, 5.41) is 0.573. The minimum absolute atomic E-state index is 0.0956. The molecule has 4 rings (SSSR count). The summed E-state index contributed by atoms with van der Waals surface area (Å²) in [6.45, 7) is 3.02. The van der Waals surface area contributed by atoms with E-state index in [4.69, 9.17) is 4.89 Å². The number of alkyl halides is 3. The summed E-state index contributed by atoms with van der Waals surface area (Å²) in [6, 6.07) is 9.95. The molecule has 0 atom stereocenters. The number of nitrogens with zero attached hydrogens (tertiary/aromatic N) is 3. The molecule has 8 nitrogen and oxygen atoms in total. The lowest BCUT2D eigenvalue weighted by atomic mass is 10.0. The van der Waals surface area contributed by atoms with Crippen LogP contribution in [0.25, 0.3) is 27.0 Å². The van der Waals surface area contributed by atoms with Crippen LogP contribution in [-0.4, -0.2) is 19.5 Å². The normalized spacial score (nSPS) is 11.6. The maximum atomic E-state index is 13.2. The van der Waals surface area contributed by atoms with Gasteiger partial charge in [-0.25, -0.2) is 14.2 Å². The number of benzene rings is 2. The van der Waals surface area contributed by atoms with E-state index in [-0.39, 0.29) is 11.4 Å². The number of hydrogen-bond acceptors (Lipinski definition) is 7. The van der Waals surface area contributed by atoms with Gasteiger partial charge in [-0.15, -0.1) is 0 Å². The van der Waals surface area contributed by atoms with Gasteiger partial charge in [0.2, 0.25) is 0 Å². The largest absolute Gasteiger partial charge is 0.431 e. The molecule has 2 aromatic heterocycles. The Bertz CT molecular complexity index is 1550. The number of carbonyl (C=O) groups is 1. The predicted molar refractivity (Wildman–Crippen MR) is 118 cm³/mol. The van der Waals surface area contributed by atoms with Gasteiger partial charge in [-0.3, -0.25) is 19.1 Å². The van der Waals surface area contributed by atoms with Crippen LogP contribution >= 0.6 is 11.5 Å². The second-order valence-electron chi connectivity index (χ2n) is 7.39. The van der Waals surface area contributed by atoms with E-state index >= 15 is 0 Å². The van der Waals surface area contributed by atoms with Gasteiger partial charge in [-0.2, -0.15) is 17.5 Å². The zero-order chi connectivity index (χ0) is 24.8. The van der Waals surface area contributed by atoms with E-state index in [1.165, 1.54) is 30.6 Å². The number of hydrogen-bond donors (Lipinski definition) is 0. The zero-order valence-electron chi connectivity index (χ0n) is 18.0. The van der Waals surface area contributed by atoms with E-state index in [9.17, 15) is 27.6 Å². The van der Waals surface area contributed by atoms with Crippen molar-refractivity contribution in [1.82, 2.24) is 13.5 Å². The van der Waals surface area contributed by atoms with Crippen molar-refractivity contribution in [2.45, 2.75) is 20.0 Å². The number of fused-ring (bicyclic) bond motifs is 1. The van der Waals surface area contributed by atoms with Crippen LogP contribution in [0.1, 0.15) is 18.2 Å². The topological polar surface area (TPSA) is 92.4 Å². The van der Waals surface area contributed by atoms with Crippen molar-refractivity contribution < 1.29 is 27.7 Å². The summed E-state index contributed by atoms with van der Waals surface area (Å²) in [7, 11) is 0.954. The molecule has 0 fully saturated rings. The molecule has 0 N–H and O–H groups in total. The van der Waals surface area contributed by atoms with E-state index in [1.807, 2.05) is 6.92 Å². The molecule has 0 aliphatic heterocycles. The van der Waals surface area contributed by atoms with Crippen molar-refractivity contribution in [2.24, 2.45) is 7.05 Å². The molecule has 0 aliphatic carbocycles. The summed E-state index contributed by atoms with van der Waals surface area (Å²) in [4.78, 5) is 45.7. The SMILES string of the molecule is CC(=O)OOc1ccc(C)c(-c2nsc3ccc(-n4c(=O)cc(C(F)(F)F)n(C)c4=O)cc23)c1. The highest BCUT2D eigenvalue weighted by atomic mass is 32.1. The number of aryl methyl sites for hydroxylation is 1. The average Bonchev–Trinajstić information content (AvgIpc) is 3.18. The molecule has 0 unspecified atom stereocenters. The van der Waals surface area contributed by atoms with Gasteiger partial charge in [-0.05, 0) is 54.4 Å². The second kappa shape index (κ2) is 8.45. The van der Waals surface area contributed by atoms with Crippen molar-refractivity contribution in [2.75, 3.05) is 0 Å². The Hall–Kier alpha value is -3.93. The number of halogens is 3. The molecule has 2 aromatic carbocycles. The summed E-state index contributed by atoms with van der Waals surface area (Å²) in [5.41, 5.74) is -1.51. The van der Waals surface area contributed by atoms with Gasteiger partial charge in [0.1, 0.15) is 5.69 Å². The molecule has 176 valence electrons. The monoisotopic (exact) mass is 491 g/mol. The van der Waals surface area contributed by atoms with E-state index in [0.717, 1.165) is 17.3 Å². The highest BCUT2D eigenvalue weighted by molar-refractivity contribution is 7.13. The van der Waals surface area contributed by atoms with E-state index in [0.29, 0.717) is 31.8 Å². The highest BCUT2D eigenvalue weighted by Crippen LogP contribution is 2.35. The van der Waals surface area contributed by atoms with E-state index in [1.54, 1.807) is 24.3 Å². The van der Waals surface area contributed by atoms with Crippen LogP contribution in [0.2, 0.25) is 0 Å². The van der Waals surface area contributed by atoms with Crippen LogP contribution in [0.4, 0.5) is 13.2 Å². The number of rotatable bonds is 4. The zero-order valence-corrected chi connectivity index (χ0v) is 18.8. The molecule has 0 aliphatic rings. The molecule has 34 heavy (non-hydrogen) atoms. The van der Waals surface area contributed by atoms with Crippen LogP contribution in [0.5, 0.6) is 5.75 Å². The third-order valence-electron chi connectivity index (χ3n) is 5.04. The van der Waals surface area contributed by atoms with Crippen molar-refractivity contribution in [1.29, 1.82) is 0 Å². The fraction of sp³-hybridized carbons (Fsp3) is 0.182. The Balaban J connectivity index is 1.87. The molecule has 0 amide bonds. The van der Waals surface area contributed by atoms with Crippen LogP contribution in [0, 0.1) is 6.92 Å². The first-order valence-electron chi connectivity index (χ1n) is 9.73. The predicted octanol–water partition coefficient (Wildman–Crippen LogP) is 4.00. The van der Waals surface area contributed by atoms with Gasteiger partial charge in [-0.1, -0.05) is 6.07 Å². The van der Waals surface area contributed by atoms with E-state index < -0.39 is 29.1 Å². The Kier molecular flexibility index (Phi) is 5.77. The van der Waals surface area contributed by atoms with Crippen molar-refractivity contribution in [3.63, 3.8) is 0 Å². The van der Waals surface area contributed by atoms with Crippen molar-refractivity contribution in [3.05, 3.63) is 74.6 Å². The third kappa shape index (κ3) is 4.19. The molecule has 4 aromatic rings. The van der Waals surface area contributed by atoms with Gasteiger partial charge in [0.15, 0.2) is 5.75 Å². The molecule has 0 saturated carbocycles. The lowest BCUT2D eigenvalue weighted by Gasteiger charge is -2.14. The van der Waals surface area contributed by atoms with Crippen LogP contribution in [-0.2, 0) is 22.9 Å². The standard InChI is InChI=1S/C22H16F3N3O5S/c1-11-4-6-14(33-32-12(2)29)9-15(11)20-16-8-13(5-7-17(16)34-26-20)28-19(30)10-18(22(23,24)25)27(3)21(28)31/h4-10H,1-3H3. The molecular formula is C22H16F3N3O5S. The number of aromatic nitrogens is 3. The molecule has 0 saturated heterocycles. The summed E-state index contributed by atoms with van der Waals surface area (Å²) in [6.07, 6.45) is -4.85. The highest BCUT2D eigenvalue weighted by Gasteiger charge is 2.35. The molecule has 2 heterocycles. The minimum Gasteiger partial charge on any atom is -0.292 e. The Morgan fingerprint density at radius 2 is 1.82 bits per heavy atom. The molecule has 0 spiro atoms. The fourth-order valence-electron chi connectivity index (χ4n) is 3.41. The summed E-state index contributed by atoms with van der Waals surface area (Å²) >= 11 is 1.17. The van der Waals surface area contributed by atoms with Crippen molar-refractivity contribution in [3.8, 4) is 22.7 Å². The molecule has 12 heteroatoms. The van der Waals surface area contributed by atoms with Crippen LogP contribution in [0.3, 0.4) is 0 Å². The Morgan fingerprint density at radius 1 is 1.09 bits per heavy atom. The molecule has 0 bridgehead atoms. The Labute approximate surface area is 193 Å². The maximum absolute atomic E-state index is 13.2. The second-order valence-corrected chi connectivity index (χ2v) is 8.19. The van der Waals surface area contributed by atoms with Crippen molar-refractivity contribution >= 4 is 27.6 Å². The summed E-state index contributed by atoms with van der Waals surface area (Å²) < 4.78 is 45.7. The van der Waals surface area contributed by atoms with E-state index in [2.05, 4.69) is 9.26 Å². The molecule has 0 radical (unpaired) electrons. The first-order valence-corrected chi connectivity index (χ1v) is 10.5. The van der Waals surface area contributed by atoms with Gasteiger partial charge in [0, 0.05) is 31.0 Å². The number of carbonyl (C=O) groups excluding carboxylic acids is 1. The average molecular weight is 491 g/mol. The smallest absolute Gasteiger partial charge is 0.292 e. The van der Waals surface area contributed by atoms with Crippen LogP contribution < -0.4 is 16.1 Å². The summed E-state index contributed by atoms with van der Waals surface area (Å²) in [5.74, 6) is -0.379. The lowest BCUT2D eigenvalue weighted by Crippen LogP contribution is -2.40. The first-order chi connectivity index (χ1) is 16.0. The maximum Gasteiger partial charge on any atom is 0.431 e. The van der Waals surface area contributed by atoms with Gasteiger partial charge < -0.3 is 0 Å².